The molecular weight excluding hydrogens is 464 g/mol. The summed E-state index contributed by atoms with van der Waals surface area (Å²) in [5.74, 6) is 0.227. The monoisotopic (exact) mass is 506 g/mol. The van der Waals surface area contributed by atoms with Crippen LogP contribution in [-0.4, -0.2) is 66.1 Å². The van der Waals surface area contributed by atoms with E-state index in [1.54, 1.807) is 6.07 Å². The number of fused-ring (bicyclic) bond motifs is 1. The molecule has 1 N–H and O–H groups in total. The molecule has 1 heterocycles. The van der Waals surface area contributed by atoms with Crippen molar-refractivity contribution in [3.8, 4) is 5.75 Å². The highest BCUT2D eigenvalue weighted by Gasteiger charge is 2.54. The number of ether oxygens (including phenoxy) is 1. The van der Waals surface area contributed by atoms with Crippen LogP contribution in [0, 0.1) is 5.92 Å². The number of rotatable bonds is 9. The second-order valence-electron chi connectivity index (χ2n) is 11.1. The van der Waals surface area contributed by atoms with Gasteiger partial charge in [0.1, 0.15) is 11.9 Å². The van der Waals surface area contributed by atoms with Crippen LogP contribution in [0.2, 0.25) is 0 Å². The number of unbranched alkanes of at least 4 members (excludes halogenated alkanes) is 2. The van der Waals surface area contributed by atoms with Crippen molar-refractivity contribution in [1.29, 1.82) is 0 Å². The van der Waals surface area contributed by atoms with Crippen LogP contribution < -0.4 is 0 Å². The van der Waals surface area contributed by atoms with Gasteiger partial charge in [-0.2, -0.15) is 0 Å². The third-order valence-corrected chi connectivity index (χ3v) is 8.59. The van der Waals surface area contributed by atoms with Gasteiger partial charge in [-0.3, -0.25) is 9.59 Å². The van der Waals surface area contributed by atoms with Gasteiger partial charge < -0.3 is 19.6 Å². The van der Waals surface area contributed by atoms with Gasteiger partial charge in [0.15, 0.2) is 0 Å². The number of carbonyl (C=O) groups excluding carboxylic acids is 2. The number of amides is 1. The number of aryl methyl sites for hydroxylation is 1. The van der Waals surface area contributed by atoms with E-state index in [4.69, 9.17) is 4.74 Å². The van der Waals surface area contributed by atoms with E-state index in [9.17, 15) is 14.7 Å². The number of piperidine rings is 1. The first-order valence-corrected chi connectivity index (χ1v) is 13.7. The molecule has 0 spiro atoms. The summed E-state index contributed by atoms with van der Waals surface area (Å²) in [6.45, 7) is 3.21. The molecule has 37 heavy (non-hydrogen) atoms. The lowest BCUT2D eigenvalue weighted by Gasteiger charge is -2.56. The first kappa shape index (κ1) is 27.2. The number of hydrogen-bond donors (Lipinski definition) is 1. The molecule has 0 aromatic heterocycles. The minimum absolute atomic E-state index is 0.0248. The molecule has 0 bridgehead atoms. The van der Waals surface area contributed by atoms with Crippen LogP contribution in [0.5, 0.6) is 5.75 Å². The summed E-state index contributed by atoms with van der Waals surface area (Å²) in [7, 11) is 4.02. The summed E-state index contributed by atoms with van der Waals surface area (Å²) < 4.78 is 5.93. The first-order chi connectivity index (χ1) is 17.8. The quantitative estimate of drug-likeness (QED) is 0.386. The number of hydrogen-bond acceptors (Lipinski definition) is 5. The summed E-state index contributed by atoms with van der Waals surface area (Å²) in [6, 6.07) is 18.0. The van der Waals surface area contributed by atoms with Crippen LogP contribution in [0.3, 0.4) is 0 Å². The van der Waals surface area contributed by atoms with E-state index in [2.05, 4.69) is 42.3 Å². The van der Waals surface area contributed by atoms with Gasteiger partial charge in [0.2, 0.25) is 5.91 Å². The summed E-state index contributed by atoms with van der Waals surface area (Å²) in [5.41, 5.74) is 2.15. The van der Waals surface area contributed by atoms with Crippen LogP contribution in [0.1, 0.15) is 63.0 Å². The van der Waals surface area contributed by atoms with Crippen molar-refractivity contribution < 1.29 is 19.4 Å². The Labute approximate surface area is 221 Å². The molecule has 2 aromatic carbocycles. The molecule has 1 aliphatic carbocycles. The molecule has 1 saturated heterocycles. The van der Waals surface area contributed by atoms with Crippen molar-refractivity contribution in [2.24, 2.45) is 5.92 Å². The van der Waals surface area contributed by atoms with Crippen molar-refractivity contribution in [2.75, 3.05) is 27.2 Å². The average molecular weight is 507 g/mol. The van der Waals surface area contributed by atoms with E-state index in [1.165, 1.54) is 12.5 Å². The Hall–Kier alpha value is -2.86. The van der Waals surface area contributed by atoms with Crippen LogP contribution in [0.4, 0.5) is 0 Å². The third kappa shape index (κ3) is 6.53. The number of likely N-dealkylation sites (tertiary alicyclic amines) is 1. The van der Waals surface area contributed by atoms with Crippen molar-refractivity contribution in [3.63, 3.8) is 0 Å². The highest BCUT2D eigenvalue weighted by molar-refractivity contribution is 5.76. The fourth-order valence-electron chi connectivity index (χ4n) is 6.58. The summed E-state index contributed by atoms with van der Waals surface area (Å²) in [5, 5.41) is 10.3. The molecule has 2 aromatic rings. The molecular formula is C31H42N2O4. The van der Waals surface area contributed by atoms with E-state index in [0.717, 1.165) is 57.2 Å². The van der Waals surface area contributed by atoms with Gasteiger partial charge in [-0.1, -0.05) is 48.9 Å². The summed E-state index contributed by atoms with van der Waals surface area (Å²) >= 11 is 0. The number of carbonyl (C=O) groups is 2. The fraction of sp³-hybridized carbons (Fsp3) is 0.548. The molecule has 2 fully saturated rings. The zero-order valence-electron chi connectivity index (χ0n) is 22.6. The van der Waals surface area contributed by atoms with Gasteiger partial charge in [-0.25, -0.2) is 0 Å². The standard InChI is InChI=1S/C31H42N2O4/c1-23(34)37-29-20-26(33(3)30(36)16-9-5-8-13-24-11-6-4-7-12-24)21-31(17-18-32(2)22-28(29)31)25-14-10-15-27(35)19-25/h4,6-7,10-12,14-15,19,26,28-29,35H,5,8-9,13,16-18,20-22H2,1-3H3/t26-,28-,29?,31-/m0/s1. The lowest BCUT2D eigenvalue weighted by Crippen LogP contribution is -2.61. The molecule has 1 amide bonds. The van der Waals surface area contributed by atoms with Crippen molar-refractivity contribution in [3.05, 3.63) is 65.7 Å². The Kier molecular flexibility index (Phi) is 8.91. The van der Waals surface area contributed by atoms with Crippen LogP contribution in [-0.2, 0) is 26.2 Å². The number of phenolic OH excluding ortho intramolecular Hbond substituents is 1. The molecule has 0 radical (unpaired) electrons. The Bertz CT molecular complexity index is 1060. The molecule has 4 atom stereocenters. The molecule has 200 valence electrons. The second kappa shape index (κ2) is 12.1. The fourth-order valence-corrected chi connectivity index (χ4v) is 6.58. The van der Waals surface area contributed by atoms with Crippen LogP contribution in [0.25, 0.3) is 0 Å². The Morgan fingerprint density at radius 1 is 1.11 bits per heavy atom. The topological polar surface area (TPSA) is 70.1 Å². The Morgan fingerprint density at radius 2 is 1.89 bits per heavy atom. The first-order valence-electron chi connectivity index (χ1n) is 13.7. The van der Waals surface area contributed by atoms with Crippen molar-refractivity contribution >= 4 is 11.9 Å². The van der Waals surface area contributed by atoms with E-state index >= 15 is 0 Å². The third-order valence-electron chi connectivity index (χ3n) is 8.59. The predicted molar refractivity (Wildman–Crippen MR) is 145 cm³/mol. The maximum Gasteiger partial charge on any atom is 0.302 e. The van der Waals surface area contributed by atoms with Crippen LogP contribution in [0.15, 0.2) is 54.6 Å². The van der Waals surface area contributed by atoms with E-state index in [1.807, 2.05) is 30.1 Å². The Morgan fingerprint density at radius 3 is 2.62 bits per heavy atom. The van der Waals surface area contributed by atoms with E-state index in [-0.39, 0.29) is 41.1 Å². The number of nitrogens with zero attached hydrogens (tertiary/aromatic N) is 2. The summed E-state index contributed by atoms with van der Waals surface area (Å²) in [6.07, 6.45) is 6.63. The van der Waals surface area contributed by atoms with Crippen molar-refractivity contribution in [1.82, 2.24) is 9.80 Å². The van der Waals surface area contributed by atoms with Crippen molar-refractivity contribution in [2.45, 2.75) is 75.9 Å². The van der Waals surface area contributed by atoms with Gasteiger partial charge in [0.25, 0.3) is 0 Å². The van der Waals surface area contributed by atoms with Gasteiger partial charge in [0, 0.05) is 50.7 Å². The van der Waals surface area contributed by atoms with E-state index in [0.29, 0.717) is 12.8 Å². The lowest BCUT2D eigenvalue weighted by molar-refractivity contribution is -0.160. The molecule has 1 unspecified atom stereocenters. The lowest BCUT2D eigenvalue weighted by atomic mass is 9.56. The molecule has 4 rings (SSSR count). The minimum Gasteiger partial charge on any atom is -0.508 e. The predicted octanol–water partition coefficient (Wildman–Crippen LogP) is 4.94. The molecule has 1 aliphatic heterocycles. The number of aromatic hydroxyl groups is 1. The largest absolute Gasteiger partial charge is 0.508 e. The van der Waals surface area contributed by atoms with E-state index < -0.39 is 0 Å². The summed E-state index contributed by atoms with van der Waals surface area (Å²) in [4.78, 5) is 29.6. The Balaban J connectivity index is 1.46. The SMILES string of the molecule is CC(=O)OC1C[C@H](N(C)C(=O)CCCCCc2ccccc2)C[C@]2(c3cccc(O)c3)CCN(C)C[C@@H]12. The smallest absolute Gasteiger partial charge is 0.302 e. The van der Waals surface area contributed by atoms with Gasteiger partial charge in [0.05, 0.1) is 0 Å². The zero-order valence-corrected chi connectivity index (χ0v) is 22.6. The maximum absolute atomic E-state index is 13.3. The van der Waals surface area contributed by atoms with Gasteiger partial charge >= 0.3 is 5.97 Å². The number of phenols is 1. The zero-order chi connectivity index (χ0) is 26.4. The maximum atomic E-state index is 13.3. The number of esters is 1. The van der Waals surface area contributed by atoms with Gasteiger partial charge in [-0.15, -0.1) is 0 Å². The van der Waals surface area contributed by atoms with Crippen LogP contribution >= 0.6 is 0 Å². The second-order valence-corrected chi connectivity index (χ2v) is 11.1. The molecule has 1 saturated carbocycles. The average Bonchev–Trinajstić information content (AvgIpc) is 2.88. The minimum atomic E-state index is -0.281. The molecule has 2 aliphatic rings. The molecule has 6 heteroatoms. The number of benzene rings is 2. The highest BCUT2D eigenvalue weighted by atomic mass is 16.5. The highest BCUT2D eigenvalue weighted by Crippen LogP contribution is 2.51. The molecule has 6 nitrogen and oxygen atoms in total. The van der Waals surface area contributed by atoms with Gasteiger partial charge in [-0.05, 0) is 69.0 Å². The normalized spacial score (nSPS) is 25.8.